The molecule has 1 aliphatic rings. The Labute approximate surface area is 98.8 Å². The highest BCUT2D eigenvalue weighted by molar-refractivity contribution is 5.86. The summed E-state index contributed by atoms with van der Waals surface area (Å²) in [6.45, 7) is 11.1. The summed E-state index contributed by atoms with van der Waals surface area (Å²) < 4.78 is 0. The zero-order chi connectivity index (χ0) is 12.6. The van der Waals surface area contributed by atoms with Gasteiger partial charge in [0.05, 0.1) is 0 Å². The van der Waals surface area contributed by atoms with Crippen molar-refractivity contribution >= 4 is 5.91 Å². The van der Waals surface area contributed by atoms with E-state index in [0.717, 1.165) is 12.8 Å². The van der Waals surface area contributed by atoms with Gasteiger partial charge in [-0.2, -0.15) is 0 Å². The molecule has 3 heteroatoms. The number of carbonyl (C=O) groups excluding carboxylic acids is 1. The Morgan fingerprint density at radius 1 is 1.44 bits per heavy atom. The zero-order valence-corrected chi connectivity index (χ0v) is 11.2. The minimum Gasteiger partial charge on any atom is -0.380 e. The fourth-order valence-electron chi connectivity index (χ4n) is 3.03. The molecule has 0 aromatic rings. The molecule has 1 aliphatic carbocycles. The molecular formula is C13H25NO2. The number of carbonyl (C=O) groups is 1. The lowest BCUT2D eigenvalue weighted by molar-refractivity contribution is -0.158. The average molecular weight is 227 g/mol. The zero-order valence-electron chi connectivity index (χ0n) is 11.2. The normalized spacial score (nSPS) is 32.0. The Morgan fingerprint density at radius 2 is 1.88 bits per heavy atom. The second-order valence-electron chi connectivity index (χ2n) is 5.16. The van der Waals surface area contributed by atoms with Gasteiger partial charge >= 0.3 is 0 Å². The van der Waals surface area contributed by atoms with Crippen LogP contribution in [0.25, 0.3) is 0 Å². The summed E-state index contributed by atoms with van der Waals surface area (Å²) in [5, 5.41) is 10.6. The second-order valence-corrected chi connectivity index (χ2v) is 5.16. The lowest BCUT2D eigenvalue weighted by Crippen LogP contribution is -2.53. The van der Waals surface area contributed by atoms with Crippen molar-refractivity contribution in [1.29, 1.82) is 0 Å². The number of hydrogen-bond donors (Lipinski definition) is 1. The lowest BCUT2D eigenvalue weighted by atomic mass is 9.80. The fourth-order valence-corrected chi connectivity index (χ4v) is 3.03. The first-order chi connectivity index (χ1) is 7.37. The maximum Gasteiger partial charge on any atom is 0.254 e. The van der Waals surface area contributed by atoms with Crippen molar-refractivity contribution in [3.05, 3.63) is 0 Å². The van der Waals surface area contributed by atoms with Crippen molar-refractivity contribution < 1.29 is 9.90 Å². The third-order valence-electron chi connectivity index (χ3n) is 4.52. The van der Waals surface area contributed by atoms with Gasteiger partial charge < -0.3 is 10.0 Å². The quantitative estimate of drug-likeness (QED) is 0.781. The van der Waals surface area contributed by atoms with Crippen LogP contribution >= 0.6 is 0 Å². The van der Waals surface area contributed by atoms with Crippen molar-refractivity contribution in [2.75, 3.05) is 13.1 Å². The van der Waals surface area contributed by atoms with E-state index in [1.54, 1.807) is 11.8 Å². The smallest absolute Gasteiger partial charge is 0.254 e. The molecule has 0 radical (unpaired) electrons. The highest BCUT2D eigenvalue weighted by Gasteiger charge is 2.64. The molecule has 16 heavy (non-hydrogen) atoms. The average Bonchev–Trinajstić information content (AvgIpc) is 2.93. The first-order valence-corrected chi connectivity index (χ1v) is 6.39. The maximum atomic E-state index is 12.3. The molecule has 1 fully saturated rings. The van der Waals surface area contributed by atoms with E-state index in [-0.39, 0.29) is 11.3 Å². The van der Waals surface area contributed by atoms with Crippen molar-refractivity contribution in [2.45, 2.75) is 53.1 Å². The summed E-state index contributed by atoms with van der Waals surface area (Å²) in [6, 6.07) is 0. The summed E-state index contributed by atoms with van der Waals surface area (Å²) in [6.07, 6.45) is 1.83. The number of hydrogen-bond acceptors (Lipinski definition) is 2. The minimum absolute atomic E-state index is 0.108. The van der Waals surface area contributed by atoms with E-state index in [1.165, 1.54) is 0 Å². The summed E-state index contributed by atoms with van der Waals surface area (Å²) in [7, 11) is 0. The number of nitrogens with zero attached hydrogens (tertiary/aromatic N) is 1. The molecule has 3 unspecified atom stereocenters. The Balaban J connectivity index is 2.89. The molecular weight excluding hydrogens is 202 g/mol. The van der Waals surface area contributed by atoms with Gasteiger partial charge in [0.15, 0.2) is 0 Å². The topological polar surface area (TPSA) is 40.5 Å². The van der Waals surface area contributed by atoms with Gasteiger partial charge in [-0.05, 0) is 39.5 Å². The van der Waals surface area contributed by atoms with Crippen LogP contribution < -0.4 is 0 Å². The van der Waals surface area contributed by atoms with Gasteiger partial charge in [-0.25, -0.2) is 0 Å². The van der Waals surface area contributed by atoms with Crippen LogP contribution in [0.15, 0.2) is 0 Å². The van der Waals surface area contributed by atoms with E-state index in [0.29, 0.717) is 19.0 Å². The standard InChI is InChI=1S/C13H25NO2/c1-6-13(9-10(13)4)12(5,16)11(15)14(7-2)8-3/h10,16H,6-9H2,1-5H3. The van der Waals surface area contributed by atoms with Crippen LogP contribution in [0.1, 0.15) is 47.5 Å². The Morgan fingerprint density at radius 3 is 2.12 bits per heavy atom. The van der Waals surface area contributed by atoms with Crippen molar-refractivity contribution in [2.24, 2.45) is 11.3 Å². The minimum atomic E-state index is -1.20. The largest absolute Gasteiger partial charge is 0.380 e. The van der Waals surface area contributed by atoms with Crippen LogP contribution in [0.4, 0.5) is 0 Å². The van der Waals surface area contributed by atoms with E-state index in [1.807, 2.05) is 13.8 Å². The highest BCUT2D eigenvalue weighted by atomic mass is 16.3. The van der Waals surface area contributed by atoms with Crippen LogP contribution in [0.2, 0.25) is 0 Å². The molecule has 1 N–H and O–H groups in total. The molecule has 1 saturated carbocycles. The van der Waals surface area contributed by atoms with E-state index in [9.17, 15) is 9.90 Å². The van der Waals surface area contributed by atoms with E-state index < -0.39 is 5.60 Å². The van der Waals surface area contributed by atoms with E-state index in [4.69, 9.17) is 0 Å². The van der Waals surface area contributed by atoms with Crippen molar-refractivity contribution in [1.82, 2.24) is 4.90 Å². The Hall–Kier alpha value is -0.570. The van der Waals surface area contributed by atoms with Gasteiger partial charge in [-0.1, -0.05) is 13.8 Å². The fraction of sp³-hybridized carbons (Fsp3) is 0.923. The first-order valence-electron chi connectivity index (χ1n) is 6.39. The third kappa shape index (κ3) is 1.75. The molecule has 1 rings (SSSR count). The molecule has 0 bridgehead atoms. The molecule has 3 nitrogen and oxygen atoms in total. The molecule has 0 saturated heterocycles. The number of likely N-dealkylation sites (N-methyl/N-ethyl adjacent to an activating group) is 1. The number of rotatable bonds is 5. The Kier molecular flexibility index (Phi) is 3.68. The highest BCUT2D eigenvalue weighted by Crippen LogP contribution is 2.61. The molecule has 0 spiro atoms. The molecule has 3 atom stereocenters. The van der Waals surface area contributed by atoms with Crippen LogP contribution in [0.3, 0.4) is 0 Å². The van der Waals surface area contributed by atoms with Crippen LogP contribution in [-0.4, -0.2) is 34.6 Å². The van der Waals surface area contributed by atoms with Crippen molar-refractivity contribution in [3.8, 4) is 0 Å². The molecule has 0 aromatic heterocycles. The summed E-state index contributed by atoms with van der Waals surface area (Å²) in [5.41, 5.74) is -1.39. The summed E-state index contributed by atoms with van der Waals surface area (Å²) >= 11 is 0. The molecule has 1 amide bonds. The van der Waals surface area contributed by atoms with Gasteiger partial charge in [0.1, 0.15) is 5.60 Å². The monoisotopic (exact) mass is 227 g/mol. The predicted molar refractivity (Wildman–Crippen MR) is 65.1 cm³/mol. The molecule has 0 aromatic carbocycles. The third-order valence-corrected chi connectivity index (χ3v) is 4.52. The lowest BCUT2D eigenvalue weighted by Gasteiger charge is -2.36. The SMILES string of the molecule is CCN(CC)C(=O)C(C)(O)C1(CC)CC1C. The maximum absolute atomic E-state index is 12.3. The van der Waals surface area contributed by atoms with Gasteiger partial charge in [-0.15, -0.1) is 0 Å². The number of aliphatic hydroxyl groups is 1. The number of amides is 1. The van der Waals surface area contributed by atoms with E-state index >= 15 is 0 Å². The molecule has 0 aliphatic heterocycles. The predicted octanol–water partition coefficient (Wildman–Crippen LogP) is 2.04. The first kappa shape index (κ1) is 13.5. The van der Waals surface area contributed by atoms with Crippen molar-refractivity contribution in [3.63, 3.8) is 0 Å². The van der Waals surface area contributed by atoms with Gasteiger partial charge in [0.2, 0.25) is 0 Å². The van der Waals surface area contributed by atoms with Crippen LogP contribution in [0.5, 0.6) is 0 Å². The van der Waals surface area contributed by atoms with Gasteiger partial charge in [-0.3, -0.25) is 4.79 Å². The molecule has 94 valence electrons. The summed E-state index contributed by atoms with van der Waals surface area (Å²) in [5.74, 6) is 0.343. The second kappa shape index (κ2) is 4.36. The Bertz CT molecular complexity index is 267. The van der Waals surface area contributed by atoms with Crippen LogP contribution in [0, 0.1) is 11.3 Å². The van der Waals surface area contributed by atoms with Gasteiger partial charge in [0.25, 0.3) is 5.91 Å². The van der Waals surface area contributed by atoms with E-state index in [2.05, 4.69) is 13.8 Å². The molecule has 0 heterocycles. The van der Waals surface area contributed by atoms with Gasteiger partial charge in [0, 0.05) is 18.5 Å². The summed E-state index contributed by atoms with van der Waals surface area (Å²) in [4.78, 5) is 14.0. The van der Waals surface area contributed by atoms with Crippen LogP contribution in [-0.2, 0) is 4.79 Å².